The molecule has 4 N–H and O–H groups in total. The van der Waals surface area contributed by atoms with Crippen LogP contribution in [0.25, 0.3) is 11.3 Å². The Labute approximate surface area is 223 Å². The standard InChI is InChI=1S/C24H34F2N4O3.C3H6O2/c1-3-5-6-8-16(4-2)28-23-19(13-27)18-9-7-10-32-14-15-11-17(33-24(25)26)12-20(31)21(15)22(18)29-30-23;1-2-5-3-4/h11-12,16,24,31H,3-10,13-14,27H2,1-2H3,(H,28,30);3H,2H2,1H3/t16-;/m0./s1. The fourth-order valence-electron chi connectivity index (χ4n) is 4.34. The van der Waals surface area contributed by atoms with Gasteiger partial charge in [0.05, 0.1) is 13.2 Å². The Morgan fingerprint density at radius 2 is 2.03 bits per heavy atom. The topological polar surface area (TPSA) is 129 Å². The molecule has 0 saturated heterocycles. The van der Waals surface area contributed by atoms with Crippen molar-refractivity contribution in [2.24, 2.45) is 5.73 Å². The van der Waals surface area contributed by atoms with Crippen LogP contribution in [-0.2, 0) is 33.8 Å². The molecule has 0 spiro atoms. The number of halogens is 2. The number of ether oxygens (including phenoxy) is 3. The summed E-state index contributed by atoms with van der Waals surface area (Å²) in [5.74, 6) is 0.325. The van der Waals surface area contributed by atoms with E-state index >= 15 is 0 Å². The average molecular weight is 539 g/mol. The predicted molar refractivity (Wildman–Crippen MR) is 141 cm³/mol. The number of nitrogens with one attached hydrogen (secondary N) is 1. The molecule has 1 atom stereocenters. The Kier molecular flexibility index (Phi) is 13.7. The van der Waals surface area contributed by atoms with E-state index in [0.717, 1.165) is 43.2 Å². The van der Waals surface area contributed by atoms with Gasteiger partial charge in [-0.15, -0.1) is 10.2 Å². The van der Waals surface area contributed by atoms with Crippen LogP contribution in [0.15, 0.2) is 12.1 Å². The first-order valence-corrected chi connectivity index (χ1v) is 13.2. The summed E-state index contributed by atoms with van der Waals surface area (Å²) >= 11 is 0. The first-order chi connectivity index (χ1) is 18.4. The zero-order chi connectivity index (χ0) is 27.9. The number of nitrogens with zero attached hydrogens (tertiary/aromatic N) is 2. The van der Waals surface area contributed by atoms with Crippen LogP contribution in [0, 0.1) is 0 Å². The molecule has 0 unspecified atom stereocenters. The Morgan fingerprint density at radius 3 is 2.63 bits per heavy atom. The number of hydrogen-bond acceptors (Lipinski definition) is 9. The summed E-state index contributed by atoms with van der Waals surface area (Å²) in [4.78, 5) is 9.18. The number of rotatable bonds is 12. The van der Waals surface area contributed by atoms with E-state index in [-0.39, 0.29) is 30.7 Å². The van der Waals surface area contributed by atoms with Crippen LogP contribution in [0.2, 0.25) is 0 Å². The minimum atomic E-state index is -2.99. The van der Waals surface area contributed by atoms with Gasteiger partial charge in [-0.05, 0) is 49.8 Å². The number of benzene rings is 1. The molecule has 1 aromatic heterocycles. The van der Waals surface area contributed by atoms with Gasteiger partial charge >= 0.3 is 6.61 Å². The van der Waals surface area contributed by atoms with Crippen molar-refractivity contribution < 1.29 is 32.9 Å². The molecular weight excluding hydrogens is 498 g/mol. The Bertz CT molecular complexity index is 1010. The van der Waals surface area contributed by atoms with Crippen molar-refractivity contribution in [2.75, 3.05) is 18.5 Å². The van der Waals surface area contributed by atoms with Crippen molar-refractivity contribution in [1.29, 1.82) is 0 Å². The van der Waals surface area contributed by atoms with Crippen molar-refractivity contribution in [2.45, 2.75) is 91.5 Å². The van der Waals surface area contributed by atoms with Gasteiger partial charge in [0.25, 0.3) is 6.47 Å². The molecule has 9 nitrogen and oxygen atoms in total. The van der Waals surface area contributed by atoms with Gasteiger partial charge in [-0.1, -0.05) is 33.1 Å². The van der Waals surface area contributed by atoms with Crippen molar-refractivity contribution in [1.82, 2.24) is 10.2 Å². The molecule has 212 valence electrons. The predicted octanol–water partition coefficient (Wildman–Crippen LogP) is 5.32. The smallest absolute Gasteiger partial charge is 0.387 e. The molecule has 0 saturated carbocycles. The van der Waals surface area contributed by atoms with Crippen molar-refractivity contribution >= 4 is 12.3 Å². The maximum atomic E-state index is 12.7. The average Bonchev–Trinajstić information content (AvgIpc) is 2.97. The van der Waals surface area contributed by atoms with Crippen LogP contribution in [0.4, 0.5) is 14.6 Å². The van der Waals surface area contributed by atoms with Crippen LogP contribution in [-0.4, -0.2) is 47.6 Å². The minimum absolute atomic E-state index is 0.131. The number of alkyl halides is 2. The normalized spacial score (nSPS) is 13.6. The molecule has 0 radical (unpaired) electrons. The molecule has 0 fully saturated rings. The van der Waals surface area contributed by atoms with Gasteiger partial charge in [-0.25, -0.2) is 0 Å². The zero-order valence-electron chi connectivity index (χ0n) is 22.5. The summed E-state index contributed by atoms with van der Waals surface area (Å²) in [7, 11) is 0. The van der Waals surface area contributed by atoms with Crippen LogP contribution >= 0.6 is 0 Å². The third-order valence-corrected chi connectivity index (χ3v) is 6.22. The highest BCUT2D eigenvalue weighted by Crippen LogP contribution is 2.40. The van der Waals surface area contributed by atoms with Crippen LogP contribution in [0.3, 0.4) is 0 Å². The van der Waals surface area contributed by atoms with Crippen molar-refractivity contribution in [3.8, 4) is 22.8 Å². The van der Waals surface area contributed by atoms with Crippen molar-refractivity contribution in [3.63, 3.8) is 0 Å². The lowest BCUT2D eigenvalue weighted by molar-refractivity contribution is -0.128. The molecule has 0 aliphatic carbocycles. The minimum Gasteiger partial charge on any atom is -0.507 e. The van der Waals surface area contributed by atoms with Gasteiger partial charge in [-0.2, -0.15) is 8.78 Å². The van der Waals surface area contributed by atoms with E-state index in [1.54, 1.807) is 6.92 Å². The van der Waals surface area contributed by atoms with Crippen LogP contribution in [0.5, 0.6) is 11.5 Å². The Balaban J connectivity index is 0.000000926. The zero-order valence-corrected chi connectivity index (χ0v) is 22.5. The molecule has 11 heteroatoms. The van der Waals surface area contributed by atoms with E-state index in [4.69, 9.17) is 10.5 Å². The van der Waals surface area contributed by atoms with E-state index in [9.17, 15) is 18.7 Å². The number of aromatic hydroxyl groups is 1. The van der Waals surface area contributed by atoms with E-state index in [2.05, 4.69) is 38.8 Å². The number of carbonyl (C=O) groups excluding carboxylic acids is 1. The van der Waals surface area contributed by atoms with E-state index in [1.165, 1.54) is 18.6 Å². The molecule has 38 heavy (non-hydrogen) atoms. The van der Waals surface area contributed by atoms with Gasteiger partial charge in [0.15, 0.2) is 5.82 Å². The van der Waals surface area contributed by atoms with Crippen LogP contribution < -0.4 is 15.8 Å². The van der Waals surface area contributed by atoms with Gasteiger partial charge < -0.3 is 30.4 Å². The highest BCUT2D eigenvalue weighted by atomic mass is 19.3. The van der Waals surface area contributed by atoms with Gasteiger partial charge in [0, 0.05) is 36.4 Å². The fourth-order valence-corrected chi connectivity index (χ4v) is 4.34. The maximum Gasteiger partial charge on any atom is 0.387 e. The maximum absolute atomic E-state index is 12.7. The lowest BCUT2D eigenvalue weighted by Gasteiger charge is -2.22. The third-order valence-electron chi connectivity index (χ3n) is 6.22. The van der Waals surface area contributed by atoms with Crippen molar-refractivity contribution in [3.05, 3.63) is 28.8 Å². The number of fused-ring (bicyclic) bond motifs is 3. The fraction of sp³-hybridized carbons (Fsp3) is 0.593. The molecule has 2 heterocycles. The number of nitrogens with two attached hydrogens (primary N) is 1. The summed E-state index contributed by atoms with van der Waals surface area (Å²) in [5.41, 5.74) is 9.35. The summed E-state index contributed by atoms with van der Waals surface area (Å²) in [6.07, 6.45) is 6.86. The number of carbonyl (C=O) groups is 1. The first kappa shape index (κ1) is 31.2. The Morgan fingerprint density at radius 1 is 1.24 bits per heavy atom. The largest absolute Gasteiger partial charge is 0.507 e. The van der Waals surface area contributed by atoms with Gasteiger partial charge in [0.1, 0.15) is 17.2 Å². The highest BCUT2D eigenvalue weighted by Gasteiger charge is 2.24. The third kappa shape index (κ3) is 9.05. The monoisotopic (exact) mass is 538 g/mol. The summed E-state index contributed by atoms with van der Waals surface area (Å²) in [6.45, 7) is 4.87. The second-order valence-electron chi connectivity index (χ2n) is 8.87. The van der Waals surface area contributed by atoms with Gasteiger partial charge in [-0.3, -0.25) is 4.79 Å². The molecule has 0 amide bonds. The van der Waals surface area contributed by atoms with E-state index in [0.29, 0.717) is 48.7 Å². The number of phenolic OH excluding ortho intramolecular Hbond substituents is 1. The summed E-state index contributed by atoms with van der Waals surface area (Å²) in [6, 6.07) is 2.89. The molecule has 1 aromatic carbocycles. The second kappa shape index (κ2) is 16.7. The lowest BCUT2D eigenvalue weighted by atomic mass is 9.94. The number of aromatic nitrogens is 2. The quantitative estimate of drug-likeness (QED) is 0.243. The molecule has 3 rings (SSSR count). The van der Waals surface area contributed by atoms with Gasteiger partial charge in [0.2, 0.25) is 0 Å². The molecule has 1 aliphatic heterocycles. The molecule has 1 aliphatic rings. The SMILES string of the molecule is CCCCC[C@H](CC)Nc1nnc2c(c1CN)CCCOCc1cc(OC(F)F)cc(O)c1-2.CCOC=O. The van der Waals surface area contributed by atoms with E-state index < -0.39 is 6.61 Å². The number of hydrogen-bond donors (Lipinski definition) is 3. The number of unbranched alkanes of at least 4 members (excludes halogenated alkanes) is 2. The number of anilines is 1. The highest BCUT2D eigenvalue weighted by molar-refractivity contribution is 5.76. The number of phenols is 1. The summed E-state index contributed by atoms with van der Waals surface area (Å²) < 4.78 is 39.8. The second-order valence-corrected chi connectivity index (χ2v) is 8.87. The molecular formula is C27H40F2N4O5. The Hall–Kier alpha value is -3.05. The first-order valence-electron chi connectivity index (χ1n) is 13.2. The molecule has 2 aromatic rings. The lowest BCUT2D eigenvalue weighted by Crippen LogP contribution is -2.22. The molecule has 0 bridgehead atoms. The van der Waals surface area contributed by atoms with Crippen LogP contribution in [0.1, 0.15) is 76.0 Å². The van der Waals surface area contributed by atoms with E-state index in [1.807, 2.05) is 0 Å². The summed E-state index contributed by atoms with van der Waals surface area (Å²) in [5, 5.41) is 23.2.